The number of amides is 1. The van der Waals surface area contributed by atoms with Crippen LogP contribution in [0.2, 0.25) is 0 Å². The zero-order chi connectivity index (χ0) is 22.2. The highest BCUT2D eigenvalue weighted by Crippen LogP contribution is 2.30. The number of halogens is 3. The van der Waals surface area contributed by atoms with Crippen LogP contribution in [-0.2, 0) is 17.5 Å². The Bertz CT molecular complexity index is 1170. The van der Waals surface area contributed by atoms with Gasteiger partial charge in [-0.2, -0.15) is 18.3 Å². The Morgan fingerprint density at radius 3 is 2.77 bits per heavy atom. The van der Waals surface area contributed by atoms with E-state index in [1.165, 1.54) is 33.9 Å². The molecule has 0 aliphatic heterocycles. The van der Waals surface area contributed by atoms with Crippen molar-refractivity contribution in [3.8, 4) is 5.69 Å². The van der Waals surface area contributed by atoms with Gasteiger partial charge in [0, 0.05) is 6.04 Å². The highest BCUT2D eigenvalue weighted by molar-refractivity contribution is 5.78. The molecule has 2 unspecified atom stereocenters. The molecular weight excluding hydrogens is 411 g/mol. The van der Waals surface area contributed by atoms with Crippen molar-refractivity contribution in [3.63, 3.8) is 0 Å². The Morgan fingerprint density at radius 2 is 2.03 bits per heavy atom. The predicted octanol–water partition coefficient (Wildman–Crippen LogP) is 3.30. The lowest BCUT2D eigenvalue weighted by atomic mass is 9.86. The molecule has 0 spiro atoms. The average molecular weight is 433 g/mol. The SMILES string of the molecule is CC1CCCCC1NC(=O)Cn1cnc2c(cnn2-c2cccc(C(F)(F)F)c2)c1=O. The summed E-state index contributed by atoms with van der Waals surface area (Å²) in [5.74, 6) is 0.119. The Labute approximate surface area is 175 Å². The summed E-state index contributed by atoms with van der Waals surface area (Å²) in [7, 11) is 0. The van der Waals surface area contributed by atoms with Crippen LogP contribution in [0, 0.1) is 5.92 Å². The number of carbonyl (C=O) groups is 1. The van der Waals surface area contributed by atoms with Crippen molar-refractivity contribution in [2.24, 2.45) is 5.92 Å². The number of alkyl halides is 3. The van der Waals surface area contributed by atoms with Crippen LogP contribution in [0.25, 0.3) is 16.7 Å². The second kappa shape index (κ2) is 8.16. The van der Waals surface area contributed by atoms with Crippen molar-refractivity contribution in [2.45, 2.75) is 51.4 Å². The molecule has 0 saturated heterocycles. The number of aromatic nitrogens is 4. The average Bonchev–Trinajstić information content (AvgIpc) is 3.16. The van der Waals surface area contributed by atoms with E-state index in [-0.39, 0.29) is 35.2 Å². The number of nitrogens with zero attached hydrogens (tertiary/aromatic N) is 4. The Balaban J connectivity index is 1.58. The van der Waals surface area contributed by atoms with Gasteiger partial charge in [-0.05, 0) is 37.0 Å². The van der Waals surface area contributed by atoms with Crippen LogP contribution in [0.5, 0.6) is 0 Å². The van der Waals surface area contributed by atoms with Gasteiger partial charge >= 0.3 is 6.18 Å². The van der Waals surface area contributed by atoms with Crippen molar-refractivity contribution < 1.29 is 18.0 Å². The summed E-state index contributed by atoms with van der Waals surface area (Å²) in [6.45, 7) is 1.92. The van der Waals surface area contributed by atoms with E-state index >= 15 is 0 Å². The van der Waals surface area contributed by atoms with Gasteiger partial charge in [-0.1, -0.05) is 25.8 Å². The van der Waals surface area contributed by atoms with Crippen LogP contribution in [-0.4, -0.2) is 31.3 Å². The highest BCUT2D eigenvalue weighted by atomic mass is 19.4. The fourth-order valence-electron chi connectivity index (χ4n) is 4.00. The fraction of sp³-hybridized carbons (Fsp3) is 0.429. The first-order chi connectivity index (χ1) is 14.7. The van der Waals surface area contributed by atoms with Crippen LogP contribution in [0.4, 0.5) is 13.2 Å². The Morgan fingerprint density at radius 1 is 1.26 bits per heavy atom. The molecule has 1 aliphatic carbocycles. The van der Waals surface area contributed by atoms with E-state index in [9.17, 15) is 22.8 Å². The maximum absolute atomic E-state index is 13.0. The second-order valence-electron chi connectivity index (χ2n) is 7.96. The summed E-state index contributed by atoms with van der Waals surface area (Å²) in [6, 6.07) is 4.72. The third kappa shape index (κ3) is 4.33. The first-order valence-electron chi connectivity index (χ1n) is 10.1. The highest BCUT2D eigenvalue weighted by Gasteiger charge is 2.31. The lowest BCUT2D eigenvalue weighted by Gasteiger charge is -2.29. The van der Waals surface area contributed by atoms with Crippen LogP contribution < -0.4 is 10.9 Å². The number of nitrogens with one attached hydrogen (secondary N) is 1. The monoisotopic (exact) mass is 433 g/mol. The Kier molecular flexibility index (Phi) is 5.55. The summed E-state index contributed by atoms with van der Waals surface area (Å²) >= 11 is 0. The normalized spacial score (nSPS) is 19.5. The molecule has 2 atom stereocenters. The zero-order valence-corrected chi connectivity index (χ0v) is 16.9. The van der Waals surface area contributed by atoms with Gasteiger partial charge in [0.2, 0.25) is 5.91 Å². The zero-order valence-electron chi connectivity index (χ0n) is 16.9. The number of hydrogen-bond acceptors (Lipinski definition) is 4. The summed E-state index contributed by atoms with van der Waals surface area (Å²) in [5, 5.41) is 7.16. The van der Waals surface area contributed by atoms with Gasteiger partial charge in [-0.15, -0.1) is 0 Å². The van der Waals surface area contributed by atoms with Crippen molar-refractivity contribution in [1.29, 1.82) is 0 Å². The van der Waals surface area contributed by atoms with E-state index in [1.54, 1.807) is 0 Å². The molecule has 1 aromatic carbocycles. The van der Waals surface area contributed by atoms with Crippen molar-refractivity contribution in [1.82, 2.24) is 24.6 Å². The Hall–Kier alpha value is -3.17. The molecule has 7 nitrogen and oxygen atoms in total. The number of rotatable bonds is 4. The van der Waals surface area contributed by atoms with E-state index < -0.39 is 17.3 Å². The smallest absolute Gasteiger partial charge is 0.352 e. The van der Waals surface area contributed by atoms with Gasteiger partial charge in [0.1, 0.15) is 18.3 Å². The van der Waals surface area contributed by atoms with Gasteiger partial charge in [0.15, 0.2) is 5.65 Å². The number of hydrogen-bond donors (Lipinski definition) is 1. The molecule has 31 heavy (non-hydrogen) atoms. The largest absolute Gasteiger partial charge is 0.416 e. The first-order valence-corrected chi connectivity index (χ1v) is 10.1. The molecule has 10 heteroatoms. The lowest BCUT2D eigenvalue weighted by molar-refractivity contribution is -0.137. The van der Waals surface area contributed by atoms with Crippen LogP contribution in [0.1, 0.15) is 38.2 Å². The minimum absolute atomic E-state index is 0.0947. The molecule has 0 bridgehead atoms. The molecule has 0 radical (unpaired) electrons. The molecule has 164 valence electrons. The van der Waals surface area contributed by atoms with E-state index in [0.29, 0.717) is 5.92 Å². The maximum Gasteiger partial charge on any atom is 0.416 e. The van der Waals surface area contributed by atoms with E-state index in [0.717, 1.165) is 37.8 Å². The van der Waals surface area contributed by atoms with E-state index in [4.69, 9.17) is 0 Å². The number of benzene rings is 1. The fourth-order valence-corrected chi connectivity index (χ4v) is 4.00. The molecule has 2 aromatic heterocycles. The molecule has 2 heterocycles. The standard InChI is InChI=1S/C21H22F3N5O2/c1-13-5-2-3-8-17(13)27-18(30)11-28-12-25-19-16(20(28)31)10-26-29(19)15-7-4-6-14(9-15)21(22,23)24/h4,6-7,9-10,12-13,17H,2-3,5,8,11H2,1H3,(H,27,30). The van der Waals surface area contributed by atoms with Gasteiger partial charge in [0.05, 0.1) is 17.4 Å². The molecule has 3 aromatic rings. The van der Waals surface area contributed by atoms with Crippen molar-refractivity contribution in [2.75, 3.05) is 0 Å². The molecule has 1 N–H and O–H groups in total. The van der Waals surface area contributed by atoms with E-state index in [2.05, 4.69) is 22.3 Å². The summed E-state index contributed by atoms with van der Waals surface area (Å²) in [5.41, 5.74) is -1.04. The molecular formula is C21H22F3N5O2. The van der Waals surface area contributed by atoms with Gasteiger partial charge in [-0.25, -0.2) is 9.67 Å². The summed E-state index contributed by atoms with van der Waals surface area (Å²) < 4.78 is 41.4. The van der Waals surface area contributed by atoms with Gasteiger partial charge < -0.3 is 5.32 Å². The maximum atomic E-state index is 13.0. The molecule has 1 aliphatic rings. The summed E-state index contributed by atoms with van der Waals surface area (Å²) in [6.07, 6.45) is 2.18. The minimum Gasteiger partial charge on any atom is -0.352 e. The molecule has 4 rings (SSSR count). The number of fused-ring (bicyclic) bond motifs is 1. The van der Waals surface area contributed by atoms with Gasteiger partial charge in [0.25, 0.3) is 5.56 Å². The lowest BCUT2D eigenvalue weighted by Crippen LogP contribution is -2.43. The second-order valence-corrected chi connectivity index (χ2v) is 7.96. The van der Waals surface area contributed by atoms with Crippen LogP contribution in [0.15, 0.2) is 41.6 Å². The predicted molar refractivity (Wildman–Crippen MR) is 108 cm³/mol. The van der Waals surface area contributed by atoms with Crippen LogP contribution >= 0.6 is 0 Å². The molecule has 1 amide bonds. The molecule has 1 fully saturated rings. The minimum atomic E-state index is -4.50. The number of carbonyl (C=O) groups excluding carboxylic acids is 1. The third-order valence-corrected chi connectivity index (χ3v) is 5.74. The van der Waals surface area contributed by atoms with E-state index in [1.807, 2.05) is 0 Å². The van der Waals surface area contributed by atoms with Crippen LogP contribution in [0.3, 0.4) is 0 Å². The van der Waals surface area contributed by atoms with Crippen molar-refractivity contribution >= 4 is 16.9 Å². The molecule has 1 saturated carbocycles. The topological polar surface area (TPSA) is 81.8 Å². The van der Waals surface area contributed by atoms with Gasteiger partial charge in [-0.3, -0.25) is 14.2 Å². The first kappa shape index (κ1) is 21.1. The van der Waals surface area contributed by atoms with Crippen molar-refractivity contribution in [3.05, 3.63) is 52.7 Å². The quantitative estimate of drug-likeness (QED) is 0.685. The summed E-state index contributed by atoms with van der Waals surface area (Å²) in [4.78, 5) is 29.4. The third-order valence-electron chi connectivity index (χ3n) is 5.74.